The minimum absolute atomic E-state index is 0.338. The molecule has 2 rings (SSSR count). The first-order chi connectivity index (χ1) is 9.70. The molecule has 0 aromatic heterocycles. The normalized spacial score (nSPS) is 14.7. The van der Waals surface area contributed by atoms with Crippen molar-refractivity contribution in [2.24, 2.45) is 5.73 Å². The Bertz CT molecular complexity index is 466. The average Bonchev–Trinajstić information content (AvgIpc) is 2.47. The van der Waals surface area contributed by atoms with E-state index in [2.05, 4.69) is 0 Å². The number of carbonyl (C=O) groups is 1. The molecule has 6 heteroatoms. The minimum Gasteiger partial charge on any atom is -0.486 e. The maximum Gasteiger partial charge on any atom is 0.322 e. The second-order valence-corrected chi connectivity index (χ2v) is 5.47. The summed E-state index contributed by atoms with van der Waals surface area (Å²) in [5.74, 6) is 1.97. The smallest absolute Gasteiger partial charge is 0.322 e. The fourth-order valence-corrected chi connectivity index (χ4v) is 2.75. The Balaban J connectivity index is 1.81. The number of rotatable bonds is 6. The van der Waals surface area contributed by atoms with E-state index < -0.39 is 6.04 Å². The lowest BCUT2D eigenvalue weighted by molar-refractivity contribution is -0.144. The zero-order valence-corrected chi connectivity index (χ0v) is 12.3. The van der Waals surface area contributed by atoms with Crippen LogP contribution < -0.4 is 15.2 Å². The first-order valence-electron chi connectivity index (χ1n) is 6.65. The monoisotopic (exact) mass is 297 g/mol. The van der Waals surface area contributed by atoms with Gasteiger partial charge in [-0.25, -0.2) is 0 Å². The molecule has 0 saturated carbocycles. The van der Waals surface area contributed by atoms with Crippen molar-refractivity contribution in [3.8, 4) is 11.5 Å². The molecule has 0 amide bonds. The predicted molar refractivity (Wildman–Crippen MR) is 77.4 cm³/mol. The molecule has 0 fully saturated rings. The molecule has 0 aliphatic carbocycles. The van der Waals surface area contributed by atoms with Crippen LogP contribution >= 0.6 is 11.8 Å². The number of benzene rings is 1. The van der Waals surface area contributed by atoms with Crippen molar-refractivity contribution >= 4 is 17.7 Å². The van der Waals surface area contributed by atoms with E-state index in [1.807, 2.05) is 18.2 Å². The number of hydrogen-bond acceptors (Lipinski definition) is 6. The standard InChI is InChI=1S/C14H19NO4S/c1-2-17-14(16)11(15)5-8-20-10-3-4-12-13(9-10)19-7-6-18-12/h3-4,9,11H,2,5-8,15H2,1H3. The molecule has 1 aromatic carbocycles. The maximum atomic E-state index is 11.4. The Morgan fingerprint density at radius 1 is 1.40 bits per heavy atom. The average molecular weight is 297 g/mol. The third-order valence-electron chi connectivity index (χ3n) is 2.80. The topological polar surface area (TPSA) is 70.8 Å². The van der Waals surface area contributed by atoms with Crippen molar-refractivity contribution in [3.05, 3.63) is 18.2 Å². The van der Waals surface area contributed by atoms with Crippen LogP contribution in [0.5, 0.6) is 11.5 Å². The largest absolute Gasteiger partial charge is 0.486 e. The van der Waals surface area contributed by atoms with E-state index in [9.17, 15) is 4.79 Å². The van der Waals surface area contributed by atoms with Gasteiger partial charge in [-0.1, -0.05) is 0 Å². The Morgan fingerprint density at radius 2 is 2.15 bits per heavy atom. The summed E-state index contributed by atoms with van der Waals surface area (Å²) >= 11 is 1.63. The summed E-state index contributed by atoms with van der Waals surface area (Å²) in [6, 6.07) is 5.28. The Morgan fingerprint density at radius 3 is 2.90 bits per heavy atom. The summed E-state index contributed by atoms with van der Waals surface area (Å²) in [5.41, 5.74) is 5.75. The van der Waals surface area contributed by atoms with E-state index in [0.717, 1.165) is 22.1 Å². The van der Waals surface area contributed by atoms with Gasteiger partial charge in [0.15, 0.2) is 11.5 Å². The first-order valence-corrected chi connectivity index (χ1v) is 7.64. The molecule has 110 valence electrons. The minimum atomic E-state index is -0.556. The van der Waals surface area contributed by atoms with Crippen LogP contribution in [0.4, 0.5) is 0 Å². The van der Waals surface area contributed by atoms with E-state index in [-0.39, 0.29) is 5.97 Å². The van der Waals surface area contributed by atoms with E-state index >= 15 is 0 Å². The van der Waals surface area contributed by atoms with Crippen LogP contribution in [0.2, 0.25) is 0 Å². The second-order valence-electron chi connectivity index (χ2n) is 4.30. The highest BCUT2D eigenvalue weighted by molar-refractivity contribution is 7.99. The van der Waals surface area contributed by atoms with Gasteiger partial charge in [-0.15, -0.1) is 11.8 Å². The molecule has 1 aromatic rings. The van der Waals surface area contributed by atoms with E-state index in [0.29, 0.717) is 26.2 Å². The molecule has 20 heavy (non-hydrogen) atoms. The summed E-state index contributed by atoms with van der Waals surface area (Å²) < 4.78 is 15.9. The molecule has 0 spiro atoms. The maximum absolute atomic E-state index is 11.4. The van der Waals surface area contributed by atoms with Gasteiger partial charge in [0.25, 0.3) is 0 Å². The lowest BCUT2D eigenvalue weighted by Gasteiger charge is -2.18. The van der Waals surface area contributed by atoms with Gasteiger partial charge < -0.3 is 19.9 Å². The quantitative estimate of drug-likeness (QED) is 0.638. The summed E-state index contributed by atoms with van der Waals surface area (Å²) in [5, 5.41) is 0. The Labute approximate surface area is 122 Å². The lowest BCUT2D eigenvalue weighted by Crippen LogP contribution is -2.32. The van der Waals surface area contributed by atoms with Crippen molar-refractivity contribution in [1.29, 1.82) is 0 Å². The van der Waals surface area contributed by atoms with Gasteiger partial charge in [-0.05, 0) is 31.5 Å². The van der Waals surface area contributed by atoms with Crippen molar-refractivity contribution < 1.29 is 19.0 Å². The van der Waals surface area contributed by atoms with Crippen molar-refractivity contribution in [2.75, 3.05) is 25.6 Å². The van der Waals surface area contributed by atoms with Gasteiger partial charge >= 0.3 is 5.97 Å². The number of nitrogens with two attached hydrogens (primary N) is 1. The molecule has 1 aliphatic rings. The lowest BCUT2D eigenvalue weighted by atomic mass is 10.2. The van der Waals surface area contributed by atoms with Crippen molar-refractivity contribution in [2.45, 2.75) is 24.3 Å². The Hall–Kier alpha value is -1.40. The zero-order valence-electron chi connectivity index (χ0n) is 11.5. The molecule has 0 saturated heterocycles. The van der Waals surface area contributed by atoms with Crippen LogP contribution in [0.15, 0.2) is 23.1 Å². The highest BCUT2D eigenvalue weighted by Crippen LogP contribution is 2.34. The molecule has 1 atom stereocenters. The highest BCUT2D eigenvalue weighted by atomic mass is 32.2. The van der Waals surface area contributed by atoms with Gasteiger partial charge in [0.05, 0.1) is 6.61 Å². The highest BCUT2D eigenvalue weighted by Gasteiger charge is 2.15. The van der Waals surface area contributed by atoms with Crippen LogP contribution in [0.3, 0.4) is 0 Å². The van der Waals surface area contributed by atoms with Crippen LogP contribution in [0.25, 0.3) is 0 Å². The number of hydrogen-bond donors (Lipinski definition) is 1. The third kappa shape index (κ3) is 4.05. The fourth-order valence-electron chi connectivity index (χ4n) is 1.78. The molecular formula is C14H19NO4S. The van der Waals surface area contributed by atoms with Gasteiger partial charge in [0.1, 0.15) is 19.3 Å². The van der Waals surface area contributed by atoms with E-state index in [1.165, 1.54) is 0 Å². The van der Waals surface area contributed by atoms with Crippen molar-refractivity contribution in [1.82, 2.24) is 0 Å². The molecule has 1 aliphatic heterocycles. The molecule has 1 heterocycles. The summed E-state index contributed by atoms with van der Waals surface area (Å²) in [6.45, 7) is 3.30. The zero-order chi connectivity index (χ0) is 14.4. The molecular weight excluding hydrogens is 278 g/mol. The van der Waals surface area contributed by atoms with Crippen LogP contribution in [0.1, 0.15) is 13.3 Å². The molecule has 1 unspecified atom stereocenters. The van der Waals surface area contributed by atoms with Gasteiger partial charge in [-0.2, -0.15) is 0 Å². The van der Waals surface area contributed by atoms with Gasteiger partial charge in [0.2, 0.25) is 0 Å². The molecule has 2 N–H and O–H groups in total. The second kappa shape index (κ2) is 7.40. The van der Waals surface area contributed by atoms with Gasteiger partial charge in [0, 0.05) is 10.6 Å². The van der Waals surface area contributed by atoms with Crippen molar-refractivity contribution in [3.63, 3.8) is 0 Å². The predicted octanol–water partition coefficient (Wildman–Crippen LogP) is 1.83. The molecule has 5 nitrogen and oxygen atoms in total. The number of carbonyl (C=O) groups excluding carboxylic acids is 1. The van der Waals surface area contributed by atoms with Crippen LogP contribution in [-0.4, -0.2) is 37.6 Å². The van der Waals surface area contributed by atoms with Gasteiger partial charge in [-0.3, -0.25) is 4.79 Å². The summed E-state index contributed by atoms with van der Waals surface area (Å²) in [6.07, 6.45) is 0.581. The number of esters is 1. The van der Waals surface area contributed by atoms with E-state index in [4.69, 9.17) is 19.9 Å². The number of ether oxygens (including phenoxy) is 3. The SMILES string of the molecule is CCOC(=O)C(N)CCSc1ccc2c(c1)OCCO2. The van der Waals surface area contributed by atoms with Crippen LogP contribution in [-0.2, 0) is 9.53 Å². The number of thioether (sulfide) groups is 1. The van der Waals surface area contributed by atoms with Crippen LogP contribution in [0, 0.1) is 0 Å². The Kier molecular flexibility index (Phi) is 5.55. The summed E-state index contributed by atoms with van der Waals surface area (Å²) in [4.78, 5) is 12.5. The molecule has 0 radical (unpaired) electrons. The van der Waals surface area contributed by atoms with E-state index in [1.54, 1.807) is 18.7 Å². The third-order valence-corrected chi connectivity index (χ3v) is 3.83. The first kappa shape index (κ1) is 15.0. The fraction of sp³-hybridized carbons (Fsp3) is 0.500. The molecule has 0 bridgehead atoms. The number of fused-ring (bicyclic) bond motifs is 1. The summed E-state index contributed by atoms with van der Waals surface area (Å²) in [7, 11) is 0.